The van der Waals surface area contributed by atoms with Crippen LogP contribution >= 0.6 is 11.6 Å². The quantitative estimate of drug-likeness (QED) is 0.439. The van der Waals surface area contributed by atoms with Crippen molar-refractivity contribution in [2.45, 2.75) is 25.8 Å². The first-order chi connectivity index (χ1) is 16.4. The average Bonchev–Trinajstić information content (AvgIpc) is 3.16. The maximum absolute atomic E-state index is 13.4. The third-order valence-corrected chi connectivity index (χ3v) is 6.32. The van der Waals surface area contributed by atoms with Gasteiger partial charge in [0.05, 0.1) is 11.4 Å². The molecule has 34 heavy (non-hydrogen) atoms. The molecule has 1 aromatic heterocycles. The number of nitrogens with zero attached hydrogens (tertiary/aromatic N) is 2. The lowest BCUT2D eigenvalue weighted by molar-refractivity contribution is -0.118. The molecule has 0 radical (unpaired) electrons. The number of anilines is 1. The summed E-state index contributed by atoms with van der Waals surface area (Å²) in [7, 11) is 0. The number of hydrogen-bond acceptors (Lipinski definition) is 3. The molecule has 5 rings (SSSR count). The highest BCUT2D eigenvalue weighted by Crippen LogP contribution is 2.40. The predicted molar refractivity (Wildman–Crippen MR) is 133 cm³/mol. The van der Waals surface area contributed by atoms with E-state index in [0.29, 0.717) is 16.4 Å². The lowest BCUT2D eigenvalue weighted by Gasteiger charge is -2.33. The summed E-state index contributed by atoms with van der Waals surface area (Å²) in [6.07, 6.45) is 0. The van der Waals surface area contributed by atoms with E-state index in [1.54, 1.807) is 28.9 Å². The lowest BCUT2D eigenvalue weighted by Crippen LogP contribution is -2.50. The van der Waals surface area contributed by atoms with Crippen molar-refractivity contribution in [2.24, 2.45) is 0 Å². The van der Waals surface area contributed by atoms with E-state index in [0.717, 1.165) is 28.1 Å². The Bertz CT molecular complexity index is 1380. The number of hydrogen-bond donors (Lipinski definition) is 2. The molecule has 7 heteroatoms. The van der Waals surface area contributed by atoms with Crippen LogP contribution in [0.2, 0.25) is 5.02 Å². The first kappa shape index (κ1) is 21.9. The van der Waals surface area contributed by atoms with Crippen LogP contribution in [0.4, 0.5) is 5.82 Å². The Labute approximate surface area is 202 Å². The summed E-state index contributed by atoms with van der Waals surface area (Å²) in [6, 6.07) is 23.5. The number of benzene rings is 3. The van der Waals surface area contributed by atoms with Gasteiger partial charge in [-0.15, -0.1) is 0 Å². The molecule has 3 aromatic carbocycles. The van der Waals surface area contributed by atoms with E-state index < -0.39 is 12.0 Å². The fourth-order valence-corrected chi connectivity index (χ4v) is 4.62. The van der Waals surface area contributed by atoms with Crippen LogP contribution in [-0.2, 0) is 4.79 Å². The summed E-state index contributed by atoms with van der Waals surface area (Å²) in [5.74, 6) is -0.438. The van der Waals surface area contributed by atoms with Gasteiger partial charge in [0.1, 0.15) is 11.9 Å². The molecule has 4 aromatic rings. The SMILES string of the molecule is Cc1cccc(C(=O)N[C@H]2C(=O)Nc3c(c(C)nn3-c3ccccc3)[C@@H]2c2ccc(Cl)cc2)c1. The molecule has 0 fully saturated rings. The molecule has 2 atom stereocenters. The summed E-state index contributed by atoms with van der Waals surface area (Å²) in [6.45, 7) is 3.84. The Morgan fingerprint density at radius 2 is 1.74 bits per heavy atom. The fraction of sp³-hybridized carbons (Fsp3) is 0.148. The minimum atomic E-state index is -0.825. The minimum absolute atomic E-state index is 0.300. The Morgan fingerprint density at radius 1 is 1.00 bits per heavy atom. The van der Waals surface area contributed by atoms with Gasteiger partial charge >= 0.3 is 0 Å². The molecule has 0 saturated carbocycles. The highest BCUT2D eigenvalue weighted by atomic mass is 35.5. The van der Waals surface area contributed by atoms with E-state index in [4.69, 9.17) is 16.7 Å². The zero-order valence-electron chi connectivity index (χ0n) is 18.7. The molecule has 6 nitrogen and oxygen atoms in total. The topological polar surface area (TPSA) is 76.0 Å². The van der Waals surface area contributed by atoms with Crippen LogP contribution in [0, 0.1) is 13.8 Å². The summed E-state index contributed by atoms with van der Waals surface area (Å²) in [4.78, 5) is 26.6. The number of rotatable bonds is 4. The van der Waals surface area contributed by atoms with Crippen molar-refractivity contribution in [2.75, 3.05) is 5.32 Å². The highest BCUT2D eigenvalue weighted by Gasteiger charge is 2.41. The normalized spacial score (nSPS) is 17.1. The van der Waals surface area contributed by atoms with E-state index in [1.165, 1.54) is 0 Å². The van der Waals surface area contributed by atoms with Gasteiger partial charge in [-0.05, 0) is 55.8 Å². The van der Waals surface area contributed by atoms with Gasteiger partial charge in [-0.1, -0.05) is 59.6 Å². The molecule has 0 spiro atoms. The first-order valence-electron chi connectivity index (χ1n) is 11.0. The number of para-hydroxylation sites is 1. The average molecular weight is 471 g/mol. The molecule has 2 amide bonds. The molecule has 0 bridgehead atoms. The Morgan fingerprint density at radius 3 is 2.44 bits per heavy atom. The lowest BCUT2D eigenvalue weighted by atomic mass is 9.82. The molecule has 2 N–H and O–H groups in total. The van der Waals surface area contributed by atoms with Crippen LogP contribution in [0.1, 0.15) is 38.7 Å². The number of aromatic nitrogens is 2. The van der Waals surface area contributed by atoms with Crippen molar-refractivity contribution in [3.05, 3.63) is 112 Å². The van der Waals surface area contributed by atoms with E-state index >= 15 is 0 Å². The maximum atomic E-state index is 13.4. The second-order valence-electron chi connectivity index (χ2n) is 8.43. The molecular formula is C27H23ClN4O2. The molecular weight excluding hydrogens is 448 g/mol. The van der Waals surface area contributed by atoms with Crippen LogP contribution in [-0.4, -0.2) is 27.6 Å². The van der Waals surface area contributed by atoms with Gasteiger partial charge in [0.25, 0.3) is 5.91 Å². The second kappa shape index (κ2) is 8.80. The van der Waals surface area contributed by atoms with Crippen molar-refractivity contribution < 1.29 is 9.59 Å². The zero-order chi connectivity index (χ0) is 23.8. The third kappa shape index (κ3) is 3.97. The van der Waals surface area contributed by atoms with E-state index in [-0.39, 0.29) is 11.8 Å². The van der Waals surface area contributed by atoms with Gasteiger partial charge in [-0.3, -0.25) is 9.59 Å². The van der Waals surface area contributed by atoms with Crippen molar-refractivity contribution in [1.82, 2.24) is 15.1 Å². The van der Waals surface area contributed by atoms with Crippen molar-refractivity contribution in [1.29, 1.82) is 0 Å². The van der Waals surface area contributed by atoms with Crippen molar-refractivity contribution in [3.8, 4) is 5.69 Å². The van der Waals surface area contributed by atoms with E-state index in [2.05, 4.69) is 10.6 Å². The van der Waals surface area contributed by atoms with Crippen LogP contribution in [0.5, 0.6) is 0 Å². The summed E-state index contributed by atoms with van der Waals surface area (Å²) >= 11 is 6.14. The summed E-state index contributed by atoms with van der Waals surface area (Å²) in [5.41, 5.74) is 4.81. The number of aryl methyl sites for hydroxylation is 2. The first-order valence-corrected chi connectivity index (χ1v) is 11.4. The molecule has 1 aliphatic heterocycles. The standard InChI is InChI=1S/C27H23ClN4O2/c1-16-7-6-8-19(15-16)26(33)29-24-23(18-11-13-20(28)14-12-18)22-17(2)31-32(25(22)30-27(24)34)21-9-4-3-5-10-21/h3-15,23-24H,1-2H3,(H,29,33)(H,30,34)/t23-,24+/m0/s1. The number of fused-ring (bicyclic) bond motifs is 1. The number of amides is 2. The smallest absolute Gasteiger partial charge is 0.251 e. The van der Waals surface area contributed by atoms with Gasteiger partial charge in [0.15, 0.2) is 0 Å². The number of carbonyl (C=O) groups is 2. The molecule has 0 unspecified atom stereocenters. The molecule has 0 saturated heterocycles. The van der Waals surface area contributed by atoms with Gasteiger partial charge in [-0.25, -0.2) is 4.68 Å². The van der Waals surface area contributed by atoms with Crippen LogP contribution < -0.4 is 10.6 Å². The molecule has 0 aliphatic carbocycles. The van der Waals surface area contributed by atoms with E-state index in [9.17, 15) is 9.59 Å². The fourth-order valence-electron chi connectivity index (χ4n) is 4.49. The van der Waals surface area contributed by atoms with Crippen LogP contribution in [0.25, 0.3) is 5.69 Å². The van der Waals surface area contributed by atoms with Gasteiger partial charge < -0.3 is 10.6 Å². The third-order valence-electron chi connectivity index (χ3n) is 6.07. The highest BCUT2D eigenvalue weighted by molar-refractivity contribution is 6.30. The second-order valence-corrected chi connectivity index (χ2v) is 8.87. The Hall–Kier alpha value is -3.90. The zero-order valence-corrected chi connectivity index (χ0v) is 19.5. The van der Waals surface area contributed by atoms with Crippen LogP contribution in [0.15, 0.2) is 78.9 Å². The molecule has 2 heterocycles. The van der Waals surface area contributed by atoms with E-state index in [1.807, 2.05) is 68.4 Å². The minimum Gasteiger partial charge on any atom is -0.339 e. The summed E-state index contributed by atoms with van der Waals surface area (Å²) < 4.78 is 1.74. The van der Waals surface area contributed by atoms with Crippen molar-refractivity contribution in [3.63, 3.8) is 0 Å². The predicted octanol–water partition coefficient (Wildman–Crippen LogP) is 5.03. The molecule has 170 valence electrons. The van der Waals surface area contributed by atoms with Gasteiger partial charge in [0.2, 0.25) is 5.91 Å². The number of halogens is 1. The molecule has 1 aliphatic rings. The summed E-state index contributed by atoms with van der Waals surface area (Å²) in [5, 5.41) is 11.3. The van der Waals surface area contributed by atoms with Gasteiger partial charge in [-0.2, -0.15) is 5.10 Å². The number of nitrogens with one attached hydrogen (secondary N) is 2. The van der Waals surface area contributed by atoms with Gasteiger partial charge in [0, 0.05) is 22.1 Å². The van der Waals surface area contributed by atoms with Crippen LogP contribution in [0.3, 0.4) is 0 Å². The Balaban J connectivity index is 1.62. The Kier molecular flexibility index (Phi) is 5.67. The maximum Gasteiger partial charge on any atom is 0.251 e. The largest absolute Gasteiger partial charge is 0.339 e. The van der Waals surface area contributed by atoms with Crippen molar-refractivity contribution >= 4 is 29.2 Å². The monoisotopic (exact) mass is 470 g/mol. The number of carbonyl (C=O) groups excluding carboxylic acids is 2.